The van der Waals surface area contributed by atoms with Gasteiger partial charge in [-0.05, 0) is 41.4 Å². The maximum absolute atomic E-state index is 12.0. The Labute approximate surface area is 134 Å². The number of allylic oxidation sites excluding steroid dienone is 1. The Morgan fingerprint density at radius 2 is 2.00 bits per heavy atom. The van der Waals surface area contributed by atoms with Gasteiger partial charge in [-0.3, -0.25) is 9.59 Å². The summed E-state index contributed by atoms with van der Waals surface area (Å²) >= 11 is 12.6. The van der Waals surface area contributed by atoms with Gasteiger partial charge >= 0.3 is 0 Å². The number of amides is 1. The van der Waals surface area contributed by atoms with Crippen molar-refractivity contribution in [3.63, 3.8) is 0 Å². The second kappa shape index (κ2) is 6.26. The maximum Gasteiger partial charge on any atom is 0.270 e. The van der Waals surface area contributed by atoms with Crippen LogP contribution in [-0.2, 0) is 0 Å². The van der Waals surface area contributed by atoms with Crippen LogP contribution in [-0.4, -0.2) is 16.1 Å². The molecule has 0 atom stereocenters. The highest BCUT2D eigenvalue weighted by Gasteiger charge is 2.18. The van der Waals surface area contributed by atoms with Crippen molar-refractivity contribution in [2.75, 3.05) is 5.73 Å². The number of hydrogen-bond donors (Lipinski definition) is 2. The number of rotatable bonds is 4. The minimum Gasteiger partial charge on any atom is -0.395 e. The van der Waals surface area contributed by atoms with Gasteiger partial charge in [-0.2, -0.15) is 4.37 Å². The first-order chi connectivity index (χ1) is 9.90. The molecular weight excluding hydrogens is 333 g/mol. The molecule has 4 N–H and O–H groups in total. The van der Waals surface area contributed by atoms with Crippen molar-refractivity contribution in [2.24, 2.45) is 5.73 Å². The van der Waals surface area contributed by atoms with Crippen LogP contribution in [0, 0.1) is 0 Å². The number of nitrogens with two attached hydrogens (primary N) is 2. The number of hydrogen-bond acceptors (Lipinski definition) is 5. The second-order valence-electron chi connectivity index (χ2n) is 4.00. The van der Waals surface area contributed by atoms with Crippen LogP contribution in [0.1, 0.15) is 25.7 Å². The fourth-order valence-electron chi connectivity index (χ4n) is 1.53. The van der Waals surface area contributed by atoms with Gasteiger partial charge in [-0.15, -0.1) is 0 Å². The van der Waals surface area contributed by atoms with Gasteiger partial charge < -0.3 is 11.5 Å². The van der Waals surface area contributed by atoms with Crippen LogP contribution in [0.25, 0.3) is 6.08 Å². The summed E-state index contributed by atoms with van der Waals surface area (Å²) in [6.07, 6.45) is 2.83. The third-order valence-electron chi connectivity index (χ3n) is 2.56. The second-order valence-corrected chi connectivity index (χ2v) is 5.62. The number of primary amides is 1. The van der Waals surface area contributed by atoms with Crippen LogP contribution >= 0.6 is 34.7 Å². The summed E-state index contributed by atoms with van der Waals surface area (Å²) in [7, 11) is 0. The lowest BCUT2D eigenvalue weighted by atomic mass is 10.1. The van der Waals surface area contributed by atoms with Crippen LogP contribution in [0.3, 0.4) is 0 Å². The molecular formula is C13H9Cl2N3O2S. The number of ketones is 1. The zero-order valence-electron chi connectivity index (χ0n) is 10.5. The molecule has 0 saturated heterocycles. The Bertz CT molecular complexity index is 756. The molecule has 0 saturated carbocycles. The van der Waals surface area contributed by atoms with Crippen LogP contribution in [0.5, 0.6) is 0 Å². The molecule has 1 heterocycles. The van der Waals surface area contributed by atoms with E-state index < -0.39 is 5.91 Å². The molecule has 0 fully saturated rings. The first kappa shape index (κ1) is 15.5. The zero-order chi connectivity index (χ0) is 15.6. The molecule has 5 nitrogen and oxygen atoms in total. The summed E-state index contributed by atoms with van der Waals surface area (Å²) in [5.41, 5.74) is 11.3. The summed E-state index contributed by atoms with van der Waals surface area (Å²) in [6.45, 7) is 0. The highest BCUT2D eigenvalue weighted by atomic mass is 35.5. The summed E-state index contributed by atoms with van der Waals surface area (Å²) in [5, 5.41) is 0.919. The average molecular weight is 342 g/mol. The largest absolute Gasteiger partial charge is 0.395 e. The Balaban J connectivity index is 2.25. The SMILES string of the molecule is NC(=O)c1nsc(C(=O)/C=C/c2ccc(Cl)cc2Cl)c1N. The van der Waals surface area contributed by atoms with Gasteiger partial charge in [0.1, 0.15) is 4.88 Å². The molecule has 0 spiro atoms. The normalized spacial score (nSPS) is 11.0. The van der Waals surface area contributed by atoms with Crippen molar-refractivity contribution >= 4 is 58.2 Å². The molecule has 0 radical (unpaired) electrons. The van der Waals surface area contributed by atoms with E-state index in [1.54, 1.807) is 18.2 Å². The first-order valence-corrected chi connectivity index (χ1v) is 7.15. The van der Waals surface area contributed by atoms with Crippen molar-refractivity contribution < 1.29 is 9.59 Å². The van der Waals surface area contributed by atoms with E-state index in [2.05, 4.69) is 4.37 Å². The zero-order valence-corrected chi connectivity index (χ0v) is 12.8. The van der Waals surface area contributed by atoms with Gasteiger partial charge in [-0.25, -0.2) is 0 Å². The topological polar surface area (TPSA) is 99.1 Å². The molecule has 2 rings (SSSR count). The Kier molecular flexibility index (Phi) is 4.62. The van der Waals surface area contributed by atoms with Crippen molar-refractivity contribution in [3.8, 4) is 0 Å². The molecule has 2 aromatic rings. The summed E-state index contributed by atoms with van der Waals surface area (Å²) in [4.78, 5) is 23.2. The minimum atomic E-state index is -0.771. The lowest BCUT2D eigenvalue weighted by molar-refractivity contribution is 0.0997. The van der Waals surface area contributed by atoms with Crippen molar-refractivity contribution in [3.05, 3.63) is 50.5 Å². The van der Waals surface area contributed by atoms with Crippen LogP contribution in [0.15, 0.2) is 24.3 Å². The van der Waals surface area contributed by atoms with Crippen LogP contribution in [0.4, 0.5) is 5.69 Å². The number of carbonyl (C=O) groups excluding carboxylic acids is 2. The summed E-state index contributed by atoms with van der Waals surface area (Å²) in [6, 6.07) is 4.91. The predicted octanol–water partition coefficient (Wildman–Crippen LogP) is 3.03. The third-order valence-corrected chi connectivity index (χ3v) is 4.00. The molecule has 108 valence electrons. The van der Waals surface area contributed by atoms with E-state index in [1.807, 2.05) is 0 Å². The van der Waals surface area contributed by atoms with Gasteiger partial charge in [0.2, 0.25) is 0 Å². The molecule has 1 aromatic carbocycles. The number of carbonyl (C=O) groups is 2. The van der Waals surface area contributed by atoms with Gasteiger partial charge in [-0.1, -0.05) is 29.3 Å². The Morgan fingerprint density at radius 3 is 2.57 bits per heavy atom. The van der Waals surface area contributed by atoms with Crippen LogP contribution < -0.4 is 11.5 Å². The predicted molar refractivity (Wildman–Crippen MR) is 84.9 cm³/mol. The third kappa shape index (κ3) is 3.41. The molecule has 1 amide bonds. The highest BCUT2D eigenvalue weighted by molar-refractivity contribution is 7.09. The maximum atomic E-state index is 12.0. The van der Waals surface area contributed by atoms with Crippen molar-refractivity contribution in [1.29, 1.82) is 0 Å². The van der Waals surface area contributed by atoms with E-state index in [9.17, 15) is 9.59 Å². The molecule has 8 heteroatoms. The van der Waals surface area contributed by atoms with E-state index in [-0.39, 0.29) is 22.0 Å². The van der Waals surface area contributed by atoms with E-state index in [0.29, 0.717) is 15.6 Å². The lowest BCUT2D eigenvalue weighted by Crippen LogP contribution is -2.13. The molecule has 21 heavy (non-hydrogen) atoms. The highest BCUT2D eigenvalue weighted by Crippen LogP contribution is 2.24. The number of benzene rings is 1. The van der Waals surface area contributed by atoms with E-state index >= 15 is 0 Å². The van der Waals surface area contributed by atoms with E-state index in [1.165, 1.54) is 12.2 Å². The van der Waals surface area contributed by atoms with Crippen LogP contribution in [0.2, 0.25) is 10.0 Å². The molecule has 1 aromatic heterocycles. The lowest BCUT2D eigenvalue weighted by Gasteiger charge is -1.98. The molecule has 0 bridgehead atoms. The first-order valence-electron chi connectivity index (χ1n) is 5.62. The number of halogens is 2. The van der Waals surface area contributed by atoms with Crippen molar-refractivity contribution in [1.82, 2.24) is 4.37 Å². The smallest absolute Gasteiger partial charge is 0.270 e. The Morgan fingerprint density at radius 1 is 1.29 bits per heavy atom. The fraction of sp³-hybridized carbons (Fsp3) is 0. The van der Waals surface area contributed by atoms with Gasteiger partial charge in [0.25, 0.3) is 5.91 Å². The number of aromatic nitrogens is 1. The summed E-state index contributed by atoms with van der Waals surface area (Å²) < 4.78 is 3.76. The quantitative estimate of drug-likeness (QED) is 0.659. The summed E-state index contributed by atoms with van der Waals surface area (Å²) in [5.74, 6) is -1.16. The van der Waals surface area contributed by atoms with E-state index in [0.717, 1.165) is 11.5 Å². The Hall–Kier alpha value is -1.89. The van der Waals surface area contributed by atoms with E-state index in [4.69, 9.17) is 34.7 Å². The van der Waals surface area contributed by atoms with Gasteiger partial charge in [0, 0.05) is 10.0 Å². The number of nitrogens with zero attached hydrogens (tertiary/aromatic N) is 1. The number of anilines is 1. The monoisotopic (exact) mass is 341 g/mol. The molecule has 0 aliphatic rings. The fourth-order valence-corrected chi connectivity index (χ4v) is 2.73. The van der Waals surface area contributed by atoms with Gasteiger partial charge in [0.05, 0.1) is 5.69 Å². The molecule has 0 aliphatic carbocycles. The minimum absolute atomic E-state index is 0.00986. The van der Waals surface area contributed by atoms with Crippen molar-refractivity contribution in [2.45, 2.75) is 0 Å². The number of nitrogen functional groups attached to an aromatic ring is 1. The standard InChI is InChI=1S/C13H9Cl2N3O2S/c14-7-3-1-6(8(15)5-7)2-4-9(19)12-10(16)11(13(17)20)18-21-12/h1-5H,16H2,(H2,17,20)/b4-2+. The average Bonchev–Trinajstić information content (AvgIpc) is 2.79. The molecule has 0 unspecified atom stereocenters. The molecule has 0 aliphatic heterocycles. The van der Waals surface area contributed by atoms with Gasteiger partial charge in [0.15, 0.2) is 11.5 Å².